The summed E-state index contributed by atoms with van der Waals surface area (Å²) in [5, 5.41) is 17.0. The number of aromatic nitrogens is 1. The molecule has 0 aliphatic heterocycles. The van der Waals surface area contributed by atoms with Crippen LogP contribution in [0.3, 0.4) is 0 Å². The van der Waals surface area contributed by atoms with Gasteiger partial charge in [-0.2, -0.15) is 0 Å². The van der Waals surface area contributed by atoms with Crippen LogP contribution in [0.25, 0.3) is 21.9 Å². The molecule has 1 heterocycles. The van der Waals surface area contributed by atoms with Crippen molar-refractivity contribution in [3.8, 4) is 24.0 Å². The van der Waals surface area contributed by atoms with Crippen molar-refractivity contribution in [2.75, 3.05) is 7.11 Å². The molecule has 0 spiro atoms. The average Bonchev–Trinajstić information content (AvgIpc) is 2.75. The van der Waals surface area contributed by atoms with E-state index in [1.807, 2.05) is 12.1 Å². The first kappa shape index (κ1) is 29.0. The molecule has 2 aromatic carbocycles. The van der Waals surface area contributed by atoms with Crippen molar-refractivity contribution < 1.29 is 19.4 Å². The summed E-state index contributed by atoms with van der Waals surface area (Å²) in [7, 11) is 2.59. The van der Waals surface area contributed by atoms with Gasteiger partial charge in [-0.1, -0.05) is 29.8 Å². The smallest absolute Gasteiger partial charge is 0.258 e. The summed E-state index contributed by atoms with van der Waals surface area (Å²) in [6.07, 6.45) is 8.85. The molecule has 5 nitrogen and oxygen atoms in total. The van der Waals surface area contributed by atoms with Crippen molar-refractivity contribution in [1.29, 1.82) is 0 Å². The van der Waals surface area contributed by atoms with Crippen molar-refractivity contribution in [3.63, 3.8) is 0 Å². The predicted octanol–water partition coefficient (Wildman–Crippen LogP) is 4.37. The Morgan fingerprint density at radius 1 is 1.06 bits per heavy atom. The van der Waals surface area contributed by atoms with Crippen LogP contribution in [0, 0.1) is 18.7 Å². The normalized spacial score (nSPS) is 9.97. The number of aliphatic hydroxyl groups excluding tert-OH is 1. The molecule has 0 fully saturated rings. The van der Waals surface area contributed by atoms with Gasteiger partial charge in [0.1, 0.15) is 12.1 Å². The van der Waals surface area contributed by atoms with Gasteiger partial charge in [0, 0.05) is 36.9 Å². The van der Waals surface area contributed by atoms with Crippen molar-refractivity contribution in [1.82, 2.24) is 4.57 Å². The first-order valence-corrected chi connectivity index (χ1v) is 9.92. The monoisotopic (exact) mass is 461 g/mol. The van der Waals surface area contributed by atoms with E-state index in [1.54, 1.807) is 46.0 Å². The lowest BCUT2D eigenvalue weighted by Gasteiger charge is -2.16. The molecule has 0 amide bonds. The average molecular weight is 462 g/mol. The highest BCUT2D eigenvalue weighted by molar-refractivity contribution is 6.30. The van der Waals surface area contributed by atoms with Crippen LogP contribution in [0.1, 0.15) is 26.5 Å². The molecule has 3 aromatic rings. The van der Waals surface area contributed by atoms with E-state index in [2.05, 4.69) is 12.8 Å². The van der Waals surface area contributed by atoms with E-state index in [0.717, 1.165) is 24.5 Å². The van der Waals surface area contributed by atoms with E-state index in [1.165, 1.54) is 16.7 Å². The van der Waals surface area contributed by atoms with Crippen molar-refractivity contribution in [2.24, 2.45) is 7.05 Å². The SMILES string of the molecule is C#C.CC(C)(C)O.CO.Cn1c(CC=O)c(-c2ccc(Cl)cc2)c2ccc(F)cc2c1=O. The van der Waals surface area contributed by atoms with Crippen LogP contribution in [0.2, 0.25) is 5.02 Å². The molecule has 7 heteroatoms. The van der Waals surface area contributed by atoms with Crippen LogP contribution in [-0.4, -0.2) is 33.8 Å². The molecule has 0 saturated carbocycles. The van der Waals surface area contributed by atoms with E-state index in [0.29, 0.717) is 16.1 Å². The molecule has 0 radical (unpaired) electrons. The number of nitrogens with zero attached hydrogens (tertiary/aromatic N) is 1. The highest BCUT2D eigenvalue weighted by atomic mass is 35.5. The molecule has 0 aliphatic rings. The Balaban J connectivity index is 0.000000928. The molecule has 2 N–H and O–H groups in total. The number of aldehydes is 1. The van der Waals surface area contributed by atoms with E-state index >= 15 is 0 Å². The maximum absolute atomic E-state index is 13.6. The standard InChI is InChI=1S/C18H13ClFNO2.C4H10O.C2H2.CH4O/c1-21-16(8-9-22)17(11-2-4-12(19)5-3-11)14-7-6-13(20)10-15(14)18(21)23;1-4(2,3)5;2*1-2/h2-7,9-10H,8H2,1H3;5H,1-3H3;1-2H;2H,1H3. The van der Waals surface area contributed by atoms with Crippen LogP contribution in [-0.2, 0) is 18.3 Å². The molecule has 0 saturated heterocycles. The van der Waals surface area contributed by atoms with Gasteiger partial charge in [-0.25, -0.2) is 4.39 Å². The van der Waals surface area contributed by atoms with Crippen molar-refractivity contribution >= 4 is 28.7 Å². The fraction of sp³-hybridized carbons (Fsp3) is 0.280. The Morgan fingerprint density at radius 3 is 2.03 bits per heavy atom. The van der Waals surface area contributed by atoms with Gasteiger partial charge in [0.25, 0.3) is 5.56 Å². The van der Waals surface area contributed by atoms with Crippen LogP contribution >= 0.6 is 11.6 Å². The third-order valence-electron chi connectivity index (χ3n) is 3.89. The quantitative estimate of drug-likeness (QED) is 0.448. The number of hydrogen-bond acceptors (Lipinski definition) is 4. The highest BCUT2D eigenvalue weighted by Crippen LogP contribution is 2.31. The number of halogens is 2. The number of fused-ring (bicyclic) bond motifs is 1. The number of terminal acetylenes is 1. The first-order chi connectivity index (χ1) is 15.0. The third-order valence-corrected chi connectivity index (χ3v) is 4.14. The molecule has 32 heavy (non-hydrogen) atoms. The Labute approximate surface area is 193 Å². The summed E-state index contributed by atoms with van der Waals surface area (Å²) in [6, 6.07) is 11.2. The predicted molar refractivity (Wildman–Crippen MR) is 129 cm³/mol. The molecular weight excluding hydrogens is 433 g/mol. The number of pyridine rings is 1. The number of hydrogen-bond donors (Lipinski definition) is 2. The third kappa shape index (κ3) is 8.27. The second kappa shape index (κ2) is 13.4. The van der Waals surface area contributed by atoms with Crippen LogP contribution in [0.5, 0.6) is 0 Å². The molecule has 0 unspecified atom stereocenters. The lowest BCUT2D eigenvalue weighted by molar-refractivity contribution is -0.107. The van der Waals surface area contributed by atoms with Gasteiger partial charge < -0.3 is 19.6 Å². The van der Waals surface area contributed by atoms with Gasteiger partial charge in [0.15, 0.2) is 0 Å². The molecule has 3 rings (SSSR count). The minimum absolute atomic E-state index is 0.0943. The number of rotatable bonds is 3. The van der Waals surface area contributed by atoms with E-state index in [4.69, 9.17) is 21.8 Å². The molecule has 0 atom stereocenters. The Hall–Kier alpha value is -2.98. The largest absolute Gasteiger partial charge is 0.400 e. The summed E-state index contributed by atoms with van der Waals surface area (Å²) in [6.45, 7) is 5.23. The lowest BCUT2D eigenvalue weighted by Crippen LogP contribution is -2.22. The van der Waals surface area contributed by atoms with Crippen LogP contribution in [0.4, 0.5) is 4.39 Å². The number of carbonyl (C=O) groups is 1. The second-order valence-corrected chi connectivity index (χ2v) is 7.86. The number of aliphatic hydroxyl groups is 2. The fourth-order valence-electron chi connectivity index (χ4n) is 2.79. The Morgan fingerprint density at radius 2 is 1.56 bits per heavy atom. The van der Waals surface area contributed by atoms with E-state index < -0.39 is 11.4 Å². The topological polar surface area (TPSA) is 79.5 Å². The van der Waals surface area contributed by atoms with E-state index in [-0.39, 0.29) is 17.4 Å². The Kier molecular flexibility index (Phi) is 12.2. The van der Waals surface area contributed by atoms with Crippen molar-refractivity contribution in [3.05, 3.63) is 69.4 Å². The summed E-state index contributed by atoms with van der Waals surface area (Å²) in [5.74, 6) is -0.472. The molecule has 0 bridgehead atoms. The number of benzene rings is 2. The van der Waals surface area contributed by atoms with E-state index in [9.17, 15) is 14.0 Å². The van der Waals surface area contributed by atoms with Gasteiger partial charge in [-0.15, -0.1) is 12.8 Å². The van der Waals surface area contributed by atoms with Gasteiger partial charge in [-0.05, 0) is 56.0 Å². The molecular formula is C25H29ClFNO4. The first-order valence-electron chi connectivity index (χ1n) is 9.54. The second-order valence-electron chi connectivity index (χ2n) is 7.42. The lowest BCUT2D eigenvalue weighted by atomic mass is 9.95. The van der Waals surface area contributed by atoms with Gasteiger partial charge >= 0.3 is 0 Å². The zero-order valence-electron chi connectivity index (χ0n) is 18.9. The molecule has 1 aromatic heterocycles. The maximum Gasteiger partial charge on any atom is 0.258 e. The maximum atomic E-state index is 13.6. The zero-order valence-corrected chi connectivity index (χ0v) is 19.7. The molecule has 0 aliphatic carbocycles. The van der Waals surface area contributed by atoms with Crippen molar-refractivity contribution in [2.45, 2.75) is 32.8 Å². The fourth-order valence-corrected chi connectivity index (χ4v) is 2.92. The Bertz CT molecular complexity index is 1090. The summed E-state index contributed by atoms with van der Waals surface area (Å²) < 4.78 is 15.0. The highest BCUT2D eigenvalue weighted by Gasteiger charge is 2.16. The van der Waals surface area contributed by atoms with Gasteiger partial charge in [0.05, 0.1) is 11.0 Å². The number of carbonyl (C=O) groups excluding carboxylic acids is 1. The zero-order chi connectivity index (χ0) is 25.1. The minimum Gasteiger partial charge on any atom is -0.400 e. The summed E-state index contributed by atoms with van der Waals surface area (Å²) in [5.41, 5.74) is 1.32. The van der Waals surface area contributed by atoms with Crippen LogP contribution in [0.15, 0.2) is 47.3 Å². The van der Waals surface area contributed by atoms with Gasteiger partial charge in [0.2, 0.25) is 0 Å². The summed E-state index contributed by atoms with van der Waals surface area (Å²) in [4.78, 5) is 23.5. The summed E-state index contributed by atoms with van der Waals surface area (Å²) >= 11 is 5.93. The van der Waals surface area contributed by atoms with Gasteiger partial charge in [-0.3, -0.25) is 4.79 Å². The molecule has 172 valence electrons. The minimum atomic E-state index is -0.500. The van der Waals surface area contributed by atoms with Crippen LogP contribution < -0.4 is 5.56 Å².